The normalized spacial score (nSPS) is 14.6. The van der Waals surface area contributed by atoms with Crippen molar-refractivity contribution in [3.63, 3.8) is 0 Å². The van der Waals surface area contributed by atoms with Crippen molar-refractivity contribution in [1.82, 2.24) is 14.8 Å². The summed E-state index contributed by atoms with van der Waals surface area (Å²) in [5, 5.41) is 2.94. The lowest BCUT2D eigenvalue weighted by molar-refractivity contribution is 0.111. The summed E-state index contributed by atoms with van der Waals surface area (Å²) >= 11 is 0. The van der Waals surface area contributed by atoms with Crippen LogP contribution in [0.25, 0.3) is 5.69 Å². The molecule has 0 spiro atoms. The molecule has 1 saturated heterocycles. The molecule has 0 aliphatic carbocycles. The molecule has 34 heavy (non-hydrogen) atoms. The Labute approximate surface area is 198 Å². The summed E-state index contributed by atoms with van der Waals surface area (Å²) in [6.45, 7) is 1.65. The zero-order chi connectivity index (χ0) is 24.1. The van der Waals surface area contributed by atoms with Crippen molar-refractivity contribution in [2.45, 2.75) is 30.4 Å². The van der Waals surface area contributed by atoms with Crippen LogP contribution in [0.5, 0.6) is 5.75 Å². The fraction of sp³-hybridized carbons (Fsp3) is 0.280. The molecule has 0 radical (unpaired) electrons. The van der Waals surface area contributed by atoms with Gasteiger partial charge in [-0.2, -0.15) is 0 Å². The Morgan fingerprint density at radius 3 is 2.32 bits per heavy atom. The molecule has 1 aliphatic rings. The minimum Gasteiger partial charge on any atom is -0.490 e. The Morgan fingerprint density at radius 1 is 1.03 bits per heavy atom. The Kier molecular flexibility index (Phi) is 7.02. The molecule has 2 aromatic carbocycles. The van der Waals surface area contributed by atoms with Crippen molar-refractivity contribution in [3.8, 4) is 11.4 Å². The maximum atomic E-state index is 12.6. The topological polar surface area (TPSA) is 97.7 Å². The molecular formula is C25H27N3O5S. The summed E-state index contributed by atoms with van der Waals surface area (Å²) in [5.74, 6) is 0.473. The third-order valence-electron chi connectivity index (χ3n) is 5.75. The van der Waals surface area contributed by atoms with Gasteiger partial charge in [-0.15, -0.1) is 0 Å². The van der Waals surface area contributed by atoms with E-state index in [2.05, 4.69) is 5.32 Å². The molecule has 4 rings (SSSR count). The van der Waals surface area contributed by atoms with E-state index in [9.17, 15) is 18.0 Å². The Hall–Kier alpha value is -3.59. The van der Waals surface area contributed by atoms with Crippen molar-refractivity contribution < 1.29 is 17.9 Å². The van der Waals surface area contributed by atoms with Gasteiger partial charge in [-0.1, -0.05) is 30.3 Å². The first-order chi connectivity index (χ1) is 16.3. The number of benzene rings is 2. The molecule has 3 aromatic rings. The van der Waals surface area contributed by atoms with E-state index in [1.54, 1.807) is 29.3 Å². The van der Waals surface area contributed by atoms with Gasteiger partial charge in [-0.05, 0) is 35.9 Å². The van der Waals surface area contributed by atoms with Gasteiger partial charge in [0.15, 0.2) is 9.84 Å². The number of aromatic nitrogens is 1. The highest BCUT2D eigenvalue weighted by molar-refractivity contribution is 7.90. The van der Waals surface area contributed by atoms with E-state index >= 15 is 0 Å². The van der Waals surface area contributed by atoms with Gasteiger partial charge in [0.25, 0.3) is 5.56 Å². The monoisotopic (exact) mass is 481 g/mol. The number of nitrogens with one attached hydrogen (secondary N) is 1. The first-order valence-corrected chi connectivity index (χ1v) is 13.0. The fourth-order valence-corrected chi connectivity index (χ4v) is 4.49. The maximum Gasteiger partial charge on any atom is 0.317 e. The highest BCUT2D eigenvalue weighted by atomic mass is 32.2. The lowest BCUT2D eigenvalue weighted by Gasteiger charge is -2.32. The van der Waals surface area contributed by atoms with Gasteiger partial charge in [0, 0.05) is 56.7 Å². The molecule has 0 unspecified atom stereocenters. The quantitative estimate of drug-likeness (QED) is 0.584. The number of sulfone groups is 1. The highest BCUT2D eigenvalue weighted by Gasteiger charge is 2.24. The Bertz CT molecular complexity index is 1300. The van der Waals surface area contributed by atoms with E-state index in [4.69, 9.17) is 4.74 Å². The number of ether oxygens (including phenoxy) is 1. The molecule has 0 saturated carbocycles. The zero-order valence-electron chi connectivity index (χ0n) is 18.9. The number of carbonyl (C=O) groups is 1. The van der Waals surface area contributed by atoms with E-state index < -0.39 is 9.84 Å². The molecule has 0 bridgehead atoms. The number of pyridine rings is 1. The summed E-state index contributed by atoms with van der Waals surface area (Å²) in [7, 11) is -3.30. The van der Waals surface area contributed by atoms with Crippen LogP contribution in [0.1, 0.15) is 18.4 Å². The average molecular weight is 482 g/mol. The summed E-state index contributed by atoms with van der Waals surface area (Å²) in [5.41, 5.74) is 1.34. The lowest BCUT2D eigenvalue weighted by Crippen LogP contribution is -2.46. The van der Waals surface area contributed by atoms with Crippen LogP contribution in [-0.4, -0.2) is 49.4 Å². The van der Waals surface area contributed by atoms with Gasteiger partial charge < -0.3 is 15.0 Å². The van der Waals surface area contributed by atoms with Gasteiger partial charge in [0.2, 0.25) is 0 Å². The molecule has 8 nitrogen and oxygen atoms in total. The van der Waals surface area contributed by atoms with E-state index in [-0.39, 0.29) is 22.6 Å². The SMILES string of the molecule is CS(=O)(=O)c1ccc(-n2ccc(OC3CCN(C(=O)NCc4ccccc4)CC3)cc2=O)cc1. The van der Waals surface area contributed by atoms with Crippen LogP contribution in [0.2, 0.25) is 0 Å². The van der Waals surface area contributed by atoms with Crippen molar-refractivity contribution in [2.75, 3.05) is 19.3 Å². The van der Waals surface area contributed by atoms with Crippen molar-refractivity contribution in [1.29, 1.82) is 0 Å². The molecule has 2 amide bonds. The third kappa shape index (κ3) is 5.85. The molecule has 1 aliphatic heterocycles. The first-order valence-electron chi connectivity index (χ1n) is 11.1. The second kappa shape index (κ2) is 10.1. The molecular weight excluding hydrogens is 454 g/mol. The van der Waals surface area contributed by atoms with E-state index in [1.807, 2.05) is 30.3 Å². The number of rotatable bonds is 6. The van der Waals surface area contributed by atoms with Crippen LogP contribution in [-0.2, 0) is 16.4 Å². The molecule has 1 N–H and O–H groups in total. The van der Waals surface area contributed by atoms with E-state index in [1.165, 1.54) is 22.8 Å². The summed E-state index contributed by atoms with van der Waals surface area (Å²) in [4.78, 5) is 27.0. The average Bonchev–Trinajstić information content (AvgIpc) is 2.83. The fourth-order valence-electron chi connectivity index (χ4n) is 3.86. The molecule has 1 aromatic heterocycles. The number of nitrogens with zero attached hydrogens (tertiary/aromatic N) is 2. The number of carbonyl (C=O) groups excluding carboxylic acids is 1. The number of urea groups is 1. The number of piperidine rings is 1. The maximum absolute atomic E-state index is 12.6. The smallest absolute Gasteiger partial charge is 0.317 e. The van der Waals surface area contributed by atoms with Crippen LogP contribution >= 0.6 is 0 Å². The van der Waals surface area contributed by atoms with Crippen molar-refractivity contribution in [3.05, 3.63) is 88.8 Å². The minimum atomic E-state index is -3.30. The zero-order valence-corrected chi connectivity index (χ0v) is 19.7. The van der Waals surface area contributed by atoms with E-state index in [0.29, 0.717) is 43.9 Å². The van der Waals surface area contributed by atoms with Gasteiger partial charge in [0.05, 0.1) is 4.90 Å². The predicted octanol–water partition coefficient (Wildman–Crippen LogP) is 2.99. The largest absolute Gasteiger partial charge is 0.490 e. The molecule has 178 valence electrons. The standard InChI is InChI=1S/C25H27N3O5S/c1-34(31,32)23-9-7-20(8-10-23)28-16-13-22(17-24(28)29)33-21-11-14-27(15-12-21)25(30)26-18-19-5-3-2-4-6-19/h2-10,13,16-17,21H,11-12,14-15,18H2,1H3,(H,26,30). The Morgan fingerprint density at radius 2 is 1.71 bits per heavy atom. The Balaban J connectivity index is 1.30. The van der Waals surface area contributed by atoms with Gasteiger partial charge in [-0.25, -0.2) is 13.2 Å². The number of likely N-dealkylation sites (tertiary alicyclic amines) is 1. The van der Waals surface area contributed by atoms with Crippen LogP contribution in [0.3, 0.4) is 0 Å². The summed E-state index contributed by atoms with van der Waals surface area (Å²) < 4.78 is 30.7. The van der Waals surface area contributed by atoms with Gasteiger partial charge in [-0.3, -0.25) is 9.36 Å². The molecule has 9 heteroatoms. The van der Waals surface area contributed by atoms with Crippen LogP contribution in [0.4, 0.5) is 4.79 Å². The molecule has 2 heterocycles. The van der Waals surface area contributed by atoms with Crippen LogP contribution in [0.15, 0.2) is 82.6 Å². The van der Waals surface area contributed by atoms with Gasteiger partial charge >= 0.3 is 6.03 Å². The molecule has 1 fully saturated rings. The van der Waals surface area contributed by atoms with Crippen LogP contribution < -0.4 is 15.6 Å². The minimum absolute atomic E-state index is 0.0810. The summed E-state index contributed by atoms with van der Waals surface area (Å²) in [6.07, 6.45) is 4.02. The second-order valence-electron chi connectivity index (χ2n) is 8.29. The first kappa shape index (κ1) is 23.6. The highest BCUT2D eigenvalue weighted by Crippen LogP contribution is 2.19. The van der Waals surface area contributed by atoms with Crippen molar-refractivity contribution >= 4 is 15.9 Å². The predicted molar refractivity (Wildman–Crippen MR) is 129 cm³/mol. The number of hydrogen-bond acceptors (Lipinski definition) is 5. The number of amides is 2. The summed E-state index contributed by atoms with van der Waals surface area (Å²) in [6, 6.07) is 19.0. The third-order valence-corrected chi connectivity index (χ3v) is 6.88. The molecule has 0 atom stereocenters. The second-order valence-corrected chi connectivity index (χ2v) is 10.3. The van der Waals surface area contributed by atoms with Crippen molar-refractivity contribution in [2.24, 2.45) is 0 Å². The lowest BCUT2D eigenvalue weighted by atomic mass is 10.1. The van der Waals surface area contributed by atoms with Gasteiger partial charge in [0.1, 0.15) is 11.9 Å². The van der Waals surface area contributed by atoms with Crippen LogP contribution in [0, 0.1) is 0 Å². The van der Waals surface area contributed by atoms with E-state index in [0.717, 1.165) is 11.8 Å². The number of hydrogen-bond donors (Lipinski definition) is 1.